The molecule has 2 atom stereocenters. The molecule has 2 unspecified atom stereocenters. The van der Waals surface area contributed by atoms with Crippen molar-refractivity contribution in [1.29, 1.82) is 0 Å². The van der Waals surface area contributed by atoms with Crippen LogP contribution in [0.15, 0.2) is 12.2 Å². The second-order valence-electron chi connectivity index (χ2n) is 14.9. The Morgan fingerprint density at radius 1 is 0.547 bits per heavy atom. The van der Waals surface area contributed by atoms with Gasteiger partial charge in [0.15, 0.2) is 6.10 Å². The smallest absolute Gasteiger partial charge is 0.462 e. The van der Waals surface area contributed by atoms with Gasteiger partial charge in [-0.05, 0) is 25.7 Å². The van der Waals surface area contributed by atoms with Crippen molar-refractivity contribution in [2.75, 3.05) is 26.4 Å². The van der Waals surface area contributed by atoms with Crippen LogP contribution in [0.5, 0.6) is 0 Å². The summed E-state index contributed by atoms with van der Waals surface area (Å²) < 4.78 is 32.7. The standard InChI is InChI=1S/C43H84NO8P/c1-3-5-7-9-11-13-15-17-19-20-22-24-26-28-30-32-34-36-43(46)52-41(40-51-53(47,48)50-38-37-44)39-49-42(45)35-33-31-29-27-25-23-21-18-16-14-12-10-8-6-4-2/h30,32,41H,3-29,31,33-40,44H2,1-2H3,(H,47,48)/b32-30-. The molecule has 3 N–H and O–H groups in total. The average Bonchev–Trinajstić information content (AvgIpc) is 3.14. The minimum Gasteiger partial charge on any atom is -0.462 e. The number of phosphoric ester groups is 1. The molecule has 9 nitrogen and oxygen atoms in total. The van der Waals surface area contributed by atoms with Crippen LogP contribution in [0.3, 0.4) is 0 Å². The first-order valence-corrected chi connectivity index (χ1v) is 23.7. The van der Waals surface area contributed by atoms with Crippen molar-refractivity contribution in [1.82, 2.24) is 0 Å². The van der Waals surface area contributed by atoms with Gasteiger partial charge in [0.2, 0.25) is 0 Å². The van der Waals surface area contributed by atoms with E-state index in [0.29, 0.717) is 6.42 Å². The molecule has 0 aliphatic carbocycles. The summed E-state index contributed by atoms with van der Waals surface area (Å²) in [6.07, 6.45) is 41.1. The largest absolute Gasteiger partial charge is 0.472 e. The topological polar surface area (TPSA) is 134 Å². The Hall–Kier alpha value is -1.25. The number of esters is 2. The third kappa shape index (κ3) is 40.2. The molecule has 10 heteroatoms. The fraction of sp³-hybridized carbons (Fsp3) is 0.907. The van der Waals surface area contributed by atoms with Gasteiger partial charge in [0, 0.05) is 19.4 Å². The van der Waals surface area contributed by atoms with Crippen LogP contribution in [0, 0.1) is 0 Å². The molecule has 0 amide bonds. The molecule has 0 saturated heterocycles. The molecule has 314 valence electrons. The summed E-state index contributed by atoms with van der Waals surface area (Å²) in [5.41, 5.74) is 5.34. The van der Waals surface area contributed by atoms with Crippen LogP contribution < -0.4 is 5.73 Å². The highest BCUT2D eigenvalue weighted by molar-refractivity contribution is 7.47. The fourth-order valence-corrected chi connectivity index (χ4v) is 7.12. The van der Waals surface area contributed by atoms with Gasteiger partial charge in [-0.25, -0.2) is 4.57 Å². The van der Waals surface area contributed by atoms with Gasteiger partial charge in [-0.1, -0.05) is 193 Å². The van der Waals surface area contributed by atoms with E-state index in [2.05, 4.69) is 19.9 Å². The lowest BCUT2D eigenvalue weighted by atomic mass is 10.0. The molecule has 0 heterocycles. The fourth-order valence-electron chi connectivity index (χ4n) is 6.36. The summed E-state index contributed by atoms with van der Waals surface area (Å²) in [6.45, 7) is 3.72. The molecular formula is C43H84NO8P. The van der Waals surface area contributed by atoms with Gasteiger partial charge in [-0.15, -0.1) is 0 Å². The van der Waals surface area contributed by atoms with Crippen molar-refractivity contribution in [2.24, 2.45) is 5.73 Å². The highest BCUT2D eigenvalue weighted by Crippen LogP contribution is 2.43. The van der Waals surface area contributed by atoms with Crippen molar-refractivity contribution >= 4 is 19.8 Å². The van der Waals surface area contributed by atoms with Crippen LogP contribution in [0.1, 0.15) is 219 Å². The molecule has 0 radical (unpaired) electrons. The van der Waals surface area contributed by atoms with E-state index >= 15 is 0 Å². The third-order valence-electron chi connectivity index (χ3n) is 9.66. The first-order valence-electron chi connectivity index (χ1n) is 22.2. The number of carbonyl (C=O) groups excluding carboxylic acids is 2. The SMILES string of the molecule is CCCCCCCCCCCCCCC/C=C\CCC(=O)OC(COC(=O)CCCCCCCCCCCCCCCCC)COP(=O)(O)OCCN. The number of carbonyl (C=O) groups is 2. The average molecular weight is 774 g/mol. The van der Waals surface area contributed by atoms with Crippen LogP contribution in [0.25, 0.3) is 0 Å². The normalized spacial score (nSPS) is 13.4. The summed E-state index contributed by atoms with van der Waals surface area (Å²) in [6, 6.07) is 0. The summed E-state index contributed by atoms with van der Waals surface area (Å²) in [4.78, 5) is 34.8. The monoisotopic (exact) mass is 774 g/mol. The molecule has 0 aromatic carbocycles. The van der Waals surface area contributed by atoms with E-state index in [1.54, 1.807) is 0 Å². The molecule has 0 aromatic heterocycles. The first kappa shape index (κ1) is 51.8. The van der Waals surface area contributed by atoms with Gasteiger partial charge in [0.25, 0.3) is 0 Å². The molecule has 0 bridgehead atoms. The number of phosphoric acid groups is 1. The maximum Gasteiger partial charge on any atom is 0.472 e. The Morgan fingerprint density at radius 3 is 1.42 bits per heavy atom. The molecule has 0 aliphatic heterocycles. The highest BCUT2D eigenvalue weighted by Gasteiger charge is 2.25. The molecule has 0 spiro atoms. The van der Waals surface area contributed by atoms with E-state index in [4.69, 9.17) is 24.3 Å². The molecule has 0 aliphatic rings. The zero-order valence-corrected chi connectivity index (χ0v) is 35.4. The lowest BCUT2D eigenvalue weighted by Gasteiger charge is -2.19. The van der Waals surface area contributed by atoms with E-state index in [0.717, 1.165) is 32.1 Å². The van der Waals surface area contributed by atoms with Crippen molar-refractivity contribution in [2.45, 2.75) is 225 Å². The zero-order chi connectivity index (χ0) is 38.9. The Kier molecular flexibility index (Phi) is 39.5. The van der Waals surface area contributed by atoms with Crippen molar-refractivity contribution < 1.29 is 37.6 Å². The summed E-state index contributed by atoms with van der Waals surface area (Å²) in [5, 5.41) is 0. The van der Waals surface area contributed by atoms with Crippen LogP contribution in [0.4, 0.5) is 0 Å². The number of nitrogens with two attached hydrogens (primary N) is 1. The van der Waals surface area contributed by atoms with Crippen LogP contribution in [0.2, 0.25) is 0 Å². The number of allylic oxidation sites excluding steroid dienone is 2. The Bertz CT molecular complexity index is 886. The minimum atomic E-state index is -4.38. The number of hydrogen-bond acceptors (Lipinski definition) is 8. The van der Waals surface area contributed by atoms with Gasteiger partial charge >= 0.3 is 19.8 Å². The number of ether oxygens (including phenoxy) is 2. The summed E-state index contributed by atoms with van der Waals surface area (Å²) >= 11 is 0. The summed E-state index contributed by atoms with van der Waals surface area (Å²) in [5.74, 6) is -0.873. The summed E-state index contributed by atoms with van der Waals surface area (Å²) in [7, 11) is -4.38. The predicted octanol–water partition coefficient (Wildman–Crippen LogP) is 12.6. The van der Waals surface area contributed by atoms with Crippen LogP contribution in [-0.4, -0.2) is 49.3 Å². The number of unbranched alkanes of at least 4 members (excludes halogenated alkanes) is 27. The lowest BCUT2D eigenvalue weighted by Crippen LogP contribution is -2.29. The van der Waals surface area contributed by atoms with Crippen molar-refractivity contribution in [3.63, 3.8) is 0 Å². The molecule has 0 saturated carbocycles. The maximum absolute atomic E-state index is 12.6. The molecule has 0 rings (SSSR count). The highest BCUT2D eigenvalue weighted by atomic mass is 31.2. The van der Waals surface area contributed by atoms with Crippen LogP contribution >= 0.6 is 7.82 Å². The van der Waals surface area contributed by atoms with Crippen molar-refractivity contribution in [3.8, 4) is 0 Å². The predicted molar refractivity (Wildman–Crippen MR) is 220 cm³/mol. The van der Waals surface area contributed by atoms with Gasteiger partial charge in [-0.2, -0.15) is 0 Å². The van der Waals surface area contributed by atoms with E-state index in [1.807, 2.05) is 6.08 Å². The molecule has 53 heavy (non-hydrogen) atoms. The number of hydrogen-bond donors (Lipinski definition) is 2. The second-order valence-corrected chi connectivity index (χ2v) is 16.4. The van der Waals surface area contributed by atoms with E-state index in [9.17, 15) is 19.0 Å². The van der Waals surface area contributed by atoms with E-state index in [-0.39, 0.29) is 38.6 Å². The maximum atomic E-state index is 12.6. The Morgan fingerprint density at radius 2 is 0.962 bits per heavy atom. The van der Waals surface area contributed by atoms with Gasteiger partial charge in [0.1, 0.15) is 6.61 Å². The van der Waals surface area contributed by atoms with Crippen LogP contribution in [-0.2, 0) is 32.7 Å². The molecule has 0 fully saturated rings. The van der Waals surface area contributed by atoms with E-state index < -0.39 is 26.5 Å². The molecule has 0 aromatic rings. The second kappa shape index (κ2) is 40.4. The Balaban J connectivity index is 4.15. The Labute approximate surface area is 326 Å². The van der Waals surface area contributed by atoms with Crippen molar-refractivity contribution in [3.05, 3.63) is 12.2 Å². The third-order valence-corrected chi connectivity index (χ3v) is 10.6. The van der Waals surface area contributed by atoms with Gasteiger partial charge in [-0.3, -0.25) is 18.6 Å². The number of rotatable bonds is 42. The minimum absolute atomic E-state index is 0.0517. The van der Waals surface area contributed by atoms with Gasteiger partial charge in [0.05, 0.1) is 13.2 Å². The quantitative estimate of drug-likeness (QED) is 0.0269. The zero-order valence-electron chi connectivity index (χ0n) is 34.5. The molecular weight excluding hydrogens is 689 g/mol. The first-order chi connectivity index (χ1) is 25.8. The van der Waals surface area contributed by atoms with E-state index in [1.165, 1.54) is 154 Å². The van der Waals surface area contributed by atoms with Gasteiger partial charge < -0.3 is 20.1 Å². The lowest BCUT2D eigenvalue weighted by molar-refractivity contribution is -0.161.